The van der Waals surface area contributed by atoms with Crippen molar-refractivity contribution in [1.82, 2.24) is 10.2 Å². The van der Waals surface area contributed by atoms with Crippen LogP contribution in [0, 0.1) is 0 Å². The van der Waals surface area contributed by atoms with E-state index >= 15 is 0 Å². The highest BCUT2D eigenvalue weighted by atomic mass is 32.1. The van der Waals surface area contributed by atoms with Gasteiger partial charge < -0.3 is 9.84 Å². The zero-order valence-electron chi connectivity index (χ0n) is 12.6. The van der Waals surface area contributed by atoms with Crippen LogP contribution in [0.15, 0.2) is 54.3 Å². The number of aromatic hydroxyl groups is 1. The van der Waals surface area contributed by atoms with E-state index in [2.05, 4.69) is 11.9 Å². The lowest BCUT2D eigenvalue weighted by Crippen LogP contribution is -2.54. The number of allylic oxidation sites excluding steroid dienone is 2. The number of ether oxygens (including phenoxy) is 1. The number of amides is 2. The highest BCUT2D eigenvalue weighted by Crippen LogP contribution is 2.30. The molecule has 0 saturated carbocycles. The summed E-state index contributed by atoms with van der Waals surface area (Å²) in [6, 6.07) is 4.78. The molecule has 0 unspecified atom stereocenters. The van der Waals surface area contributed by atoms with E-state index in [4.69, 9.17) is 17.0 Å². The SMILES string of the molecule is C=CCN1C(=O)/C(=C/C2=COc3ccc(O)cc3C2)C(=O)NC1=S. The first kappa shape index (κ1) is 15.9. The molecular formula is C17H14N2O4S. The van der Waals surface area contributed by atoms with Crippen LogP contribution in [0.3, 0.4) is 0 Å². The number of phenols is 1. The zero-order valence-corrected chi connectivity index (χ0v) is 13.4. The fourth-order valence-corrected chi connectivity index (χ4v) is 2.73. The number of hydrogen-bond acceptors (Lipinski definition) is 5. The van der Waals surface area contributed by atoms with E-state index in [1.165, 1.54) is 29.4 Å². The van der Waals surface area contributed by atoms with Gasteiger partial charge in [-0.1, -0.05) is 6.08 Å². The molecule has 24 heavy (non-hydrogen) atoms. The molecule has 0 aromatic heterocycles. The summed E-state index contributed by atoms with van der Waals surface area (Å²) < 4.78 is 5.48. The van der Waals surface area contributed by atoms with Gasteiger partial charge in [-0.15, -0.1) is 6.58 Å². The van der Waals surface area contributed by atoms with Crippen LogP contribution in [0.4, 0.5) is 0 Å². The third kappa shape index (κ3) is 2.93. The molecule has 0 radical (unpaired) electrons. The minimum atomic E-state index is -0.548. The van der Waals surface area contributed by atoms with Crippen LogP contribution in [-0.4, -0.2) is 33.5 Å². The number of nitrogens with zero attached hydrogens (tertiary/aromatic N) is 1. The standard InChI is InChI=1S/C17H14N2O4S/c1-2-5-19-16(22)13(15(21)18-17(19)24)7-10-6-11-8-12(20)3-4-14(11)23-9-10/h2-4,7-9,20H,1,5-6H2,(H,18,21,24)/b13-7+. The van der Waals surface area contributed by atoms with Gasteiger partial charge in [0.2, 0.25) is 0 Å². The molecule has 2 N–H and O–H groups in total. The van der Waals surface area contributed by atoms with Gasteiger partial charge in [0.15, 0.2) is 5.11 Å². The van der Waals surface area contributed by atoms with E-state index in [1.54, 1.807) is 12.1 Å². The molecule has 2 heterocycles. The molecule has 122 valence electrons. The van der Waals surface area contributed by atoms with Crippen molar-refractivity contribution >= 4 is 29.1 Å². The number of thiocarbonyl (C=S) groups is 1. The van der Waals surface area contributed by atoms with Crippen molar-refractivity contribution in [2.24, 2.45) is 0 Å². The molecular weight excluding hydrogens is 328 g/mol. The monoisotopic (exact) mass is 342 g/mol. The van der Waals surface area contributed by atoms with E-state index in [0.717, 1.165) is 5.56 Å². The minimum Gasteiger partial charge on any atom is -0.508 e. The maximum atomic E-state index is 12.5. The topological polar surface area (TPSA) is 78.9 Å². The van der Waals surface area contributed by atoms with Crippen LogP contribution >= 0.6 is 12.2 Å². The second kappa shape index (κ2) is 6.29. The Morgan fingerprint density at radius 2 is 2.21 bits per heavy atom. The van der Waals surface area contributed by atoms with Gasteiger partial charge in [-0.05, 0) is 42.1 Å². The number of rotatable bonds is 3. The maximum absolute atomic E-state index is 12.5. The van der Waals surface area contributed by atoms with Gasteiger partial charge in [-0.2, -0.15) is 0 Å². The summed E-state index contributed by atoms with van der Waals surface area (Å²) in [5.74, 6) is -0.275. The predicted molar refractivity (Wildman–Crippen MR) is 91.3 cm³/mol. The second-order valence-electron chi connectivity index (χ2n) is 5.30. The van der Waals surface area contributed by atoms with Crippen molar-refractivity contribution in [3.05, 3.63) is 59.9 Å². The first-order valence-corrected chi connectivity index (χ1v) is 7.58. The molecule has 0 atom stereocenters. The van der Waals surface area contributed by atoms with Gasteiger partial charge in [-0.3, -0.25) is 19.8 Å². The van der Waals surface area contributed by atoms with Gasteiger partial charge in [-0.25, -0.2) is 0 Å². The van der Waals surface area contributed by atoms with Crippen molar-refractivity contribution in [3.63, 3.8) is 0 Å². The number of benzene rings is 1. The fraction of sp³-hybridized carbons (Fsp3) is 0.118. The fourth-order valence-electron chi connectivity index (χ4n) is 2.48. The lowest BCUT2D eigenvalue weighted by molar-refractivity contribution is -0.128. The molecule has 2 aliphatic rings. The maximum Gasteiger partial charge on any atom is 0.265 e. The molecule has 0 aliphatic carbocycles. The molecule has 0 bridgehead atoms. The molecule has 2 aliphatic heterocycles. The highest BCUT2D eigenvalue weighted by Gasteiger charge is 2.33. The van der Waals surface area contributed by atoms with Gasteiger partial charge in [0, 0.05) is 18.5 Å². The number of nitrogens with one attached hydrogen (secondary N) is 1. The lowest BCUT2D eigenvalue weighted by atomic mass is 9.99. The van der Waals surface area contributed by atoms with Crippen LogP contribution in [-0.2, 0) is 16.0 Å². The third-order valence-corrected chi connectivity index (χ3v) is 3.93. The van der Waals surface area contributed by atoms with Crippen LogP contribution < -0.4 is 10.1 Å². The van der Waals surface area contributed by atoms with E-state index in [-0.39, 0.29) is 23.0 Å². The van der Waals surface area contributed by atoms with E-state index in [0.29, 0.717) is 17.7 Å². The summed E-state index contributed by atoms with van der Waals surface area (Å²) in [6.07, 6.45) is 4.92. The summed E-state index contributed by atoms with van der Waals surface area (Å²) in [6.45, 7) is 3.79. The van der Waals surface area contributed by atoms with E-state index < -0.39 is 11.8 Å². The molecule has 2 amide bonds. The smallest absolute Gasteiger partial charge is 0.265 e. The lowest BCUT2D eigenvalue weighted by Gasteiger charge is -2.28. The number of phenolic OH excluding ortho intramolecular Hbond substituents is 1. The van der Waals surface area contributed by atoms with Crippen LogP contribution in [0.25, 0.3) is 0 Å². The molecule has 3 rings (SSSR count). The van der Waals surface area contributed by atoms with Gasteiger partial charge >= 0.3 is 0 Å². The van der Waals surface area contributed by atoms with Crippen molar-refractivity contribution in [2.75, 3.05) is 6.54 Å². The van der Waals surface area contributed by atoms with Gasteiger partial charge in [0.1, 0.15) is 17.1 Å². The Kier molecular flexibility index (Phi) is 4.18. The molecule has 1 saturated heterocycles. The molecule has 7 heteroatoms. The number of carbonyl (C=O) groups is 2. The minimum absolute atomic E-state index is 0.0242. The zero-order chi connectivity index (χ0) is 17.3. The predicted octanol–water partition coefficient (Wildman–Crippen LogP) is 1.57. The number of hydrogen-bond donors (Lipinski definition) is 2. The highest BCUT2D eigenvalue weighted by molar-refractivity contribution is 7.80. The Hall–Kier alpha value is -2.93. The molecule has 6 nitrogen and oxygen atoms in total. The summed E-state index contributed by atoms with van der Waals surface area (Å²) in [5, 5.41) is 12.1. The number of carbonyl (C=O) groups excluding carboxylic acids is 2. The van der Waals surface area contributed by atoms with Crippen LogP contribution in [0.2, 0.25) is 0 Å². The first-order valence-electron chi connectivity index (χ1n) is 7.17. The van der Waals surface area contributed by atoms with Crippen LogP contribution in [0.1, 0.15) is 5.56 Å². The molecule has 1 aromatic carbocycles. The van der Waals surface area contributed by atoms with Crippen molar-refractivity contribution in [2.45, 2.75) is 6.42 Å². The van der Waals surface area contributed by atoms with E-state index in [9.17, 15) is 14.7 Å². The molecule has 0 spiro atoms. The summed E-state index contributed by atoms with van der Waals surface area (Å²) >= 11 is 5.00. The van der Waals surface area contributed by atoms with Gasteiger partial charge in [0.25, 0.3) is 11.8 Å². The average Bonchev–Trinajstić information content (AvgIpc) is 2.55. The second-order valence-corrected chi connectivity index (χ2v) is 5.69. The first-order chi connectivity index (χ1) is 11.5. The van der Waals surface area contributed by atoms with Crippen molar-refractivity contribution in [1.29, 1.82) is 0 Å². The molecule has 1 aromatic rings. The summed E-state index contributed by atoms with van der Waals surface area (Å²) in [7, 11) is 0. The Morgan fingerprint density at radius 1 is 1.42 bits per heavy atom. The molecule has 1 fully saturated rings. The average molecular weight is 342 g/mol. The Labute approximate surface area is 143 Å². The Bertz CT molecular complexity index is 826. The largest absolute Gasteiger partial charge is 0.508 e. The quantitative estimate of drug-likeness (QED) is 0.377. The van der Waals surface area contributed by atoms with Crippen LogP contribution in [0.5, 0.6) is 11.5 Å². The van der Waals surface area contributed by atoms with Gasteiger partial charge in [0.05, 0.1) is 6.26 Å². The Morgan fingerprint density at radius 3 is 2.96 bits per heavy atom. The normalized spacial score (nSPS) is 18.7. The Balaban J connectivity index is 1.89. The van der Waals surface area contributed by atoms with E-state index in [1.807, 2.05) is 0 Å². The van der Waals surface area contributed by atoms with Crippen molar-refractivity contribution in [3.8, 4) is 11.5 Å². The van der Waals surface area contributed by atoms with Crippen molar-refractivity contribution < 1.29 is 19.4 Å². The third-order valence-electron chi connectivity index (χ3n) is 3.60. The summed E-state index contributed by atoms with van der Waals surface area (Å²) in [5.41, 5.74) is 1.38. The number of fused-ring (bicyclic) bond motifs is 1. The summed E-state index contributed by atoms with van der Waals surface area (Å²) in [4.78, 5) is 25.8.